The molecule has 0 aliphatic heterocycles. The highest BCUT2D eigenvalue weighted by atomic mass is 16.5. The Kier molecular flexibility index (Phi) is 5.54. The maximum atomic E-state index is 11.5. The molecule has 3 N–H and O–H groups in total. The van der Waals surface area contributed by atoms with Crippen molar-refractivity contribution in [3.63, 3.8) is 0 Å². The first kappa shape index (κ1) is 15.5. The van der Waals surface area contributed by atoms with Crippen LogP contribution in [0.3, 0.4) is 0 Å². The van der Waals surface area contributed by atoms with Crippen LogP contribution in [0.25, 0.3) is 0 Å². The van der Waals surface area contributed by atoms with E-state index in [1.165, 1.54) is 0 Å². The van der Waals surface area contributed by atoms with Crippen molar-refractivity contribution in [1.29, 1.82) is 10.7 Å². The molecule has 20 heavy (non-hydrogen) atoms. The monoisotopic (exact) mass is 274 g/mol. The topological polar surface area (TPSA) is 98.0 Å². The van der Waals surface area contributed by atoms with Crippen LogP contribution < -0.4 is 15.4 Å². The summed E-state index contributed by atoms with van der Waals surface area (Å²) in [6, 6.07) is 7.09. The third-order valence-corrected chi connectivity index (χ3v) is 2.66. The predicted octanol–water partition coefficient (Wildman–Crippen LogP) is 1.73. The van der Waals surface area contributed by atoms with Crippen molar-refractivity contribution in [1.82, 2.24) is 5.32 Å². The number of rotatable bonds is 6. The number of amidine groups is 1. The maximum absolute atomic E-state index is 11.5. The van der Waals surface area contributed by atoms with Crippen molar-refractivity contribution >= 4 is 17.3 Å². The van der Waals surface area contributed by atoms with E-state index in [0.717, 1.165) is 0 Å². The van der Waals surface area contributed by atoms with Gasteiger partial charge in [-0.05, 0) is 12.1 Å². The van der Waals surface area contributed by atoms with Gasteiger partial charge >= 0.3 is 0 Å². The highest BCUT2D eigenvalue weighted by molar-refractivity contribution is 6.38. The van der Waals surface area contributed by atoms with E-state index in [4.69, 9.17) is 15.4 Å². The van der Waals surface area contributed by atoms with Crippen molar-refractivity contribution in [3.05, 3.63) is 23.8 Å². The second-order valence-electron chi connectivity index (χ2n) is 4.45. The van der Waals surface area contributed by atoms with Gasteiger partial charge < -0.3 is 15.4 Å². The minimum atomic E-state index is -0.252. The number of nitrogens with zero attached hydrogens (tertiary/aromatic N) is 1. The van der Waals surface area contributed by atoms with Gasteiger partial charge in [0.1, 0.15) is 11.8 Å². The molecular formula is C14H18N4O2. The first-order chi connectivity index (χ1) is 9.49. The second-order valence-corrected chi connectivity index (χ2v) is 4.45. The number of hydrogen-bond acceptors (Lipinski definition) is 5. The molecule has 0 unspecified atom stereocenters. The molecule has 6 heteroatoms. The van der Waals surface area contributed by atoms with Gasteiger partial charge in [0, 0.05) is 12.0 Å². The minimum Gasteiger partial charge on any atom is -0.497 e. The van der Waals surface area contributed by atoms with Crippen molar-refractivity contribution in [2.45, 2.75) is 13.8 Å². The largest absolute Gasteiger partial charge is 0.497 e. The van der Waals surface area contributed by atoms with E-state index in [2.05, 4.69) is 16.7 Å². The lowest BCUT2D eigenvalue weighted by molar-refractivity contribution is -0.115. The molecule has 0 aliphatic rings. The van der Waals surface area contributed by atoms with Gasteiger partial charge in [-0.2, -0.15) is 5.26 Å². The number of ether oxygens (including phenoxy) is 1. The minimum absolute atomic E-state index is 0.145. The number of nitriles is 1. The summed E-state index contributed by atoms with van der Waals surface area (Å²) in [4.78, 5) is 11.5. The number of benzene rings is 1. The molecule has 1 aromatic rings. The van der Waals surface area contributed by atoms with E-state index < -0.39 is 0 Å². The van der Waals surface area contributed by atoms with Gasteiger partial charge in [0.05, 0.1) is 25.0 Å². The highest BCUT2D eigenvalue weighted by Gasteiger charge is 2.13. The van der Waals surface area contributed by atoms with E-state index >= 15 is 0 Å². The van der Waals surface area contributed by atoms with Crippen LogP contribution in [0.4, 0.5) is 5.69 Å². The number of carbonyl (C=O) groups is 1. The number of anilines is 1. The van der Waals surface area contributed by atoms with Gasteiger partial charge in [0.25, 0.3) is 0 Å². The molecule has 106 valence electrons. The van der Waals surface area contributed by atoms with Crippen LogP contribution in [-0.2, 0) is 4.79 Å². The van der Waals surface area contributed by atoms with Crippen LogP contribution in [0.2, 0.25) is 0 Å². The first-order valence-electron chi connectivity index (χ1n) is 6.18. The third-order valence-electron chi connectivity index (χ3n) is 2.66. The molecule has 0 saturated heterocycles. The average molecular weight is 274 g/mol. The molecule has 0 spiro atoms. The lowest BCUT2D eigenvalue weighted by atomic mass is 10.1. The number of carbonyl (C=O) groups excluding carboxylic acids is 1. The first-order valence-corrected chi connectivity index (χ1v) is 6.18. The fourth-order valence-electron chi connectivity index (χ4n) is 1.50. The number of methoxy groups -OCH3 is 1. The molecule has 0 bridgehead atoms. The SMILES string of the molecule is COc1ccc(C#N)c(NCNC(=N)C(=O)C(C)C)c1. The zero-order valence-electron chi connectivity index (χ0n) is 11.8. The van der Waals surface area contributed by atoms with Crippen LogP contribution in [0.15, 0.2) is 18.2 Å². The van der Waals surface area contributed by atoms with Gasteiger partial charge in [0.2, 0.25) is 0 Å². The molecule has 0 atom stereocenters. The lowest BCUT2D eigenvalue weighted by Crippen LogP contribution is -2.36. The maximum Gasteiger partial charge on any atom is 0.199 e. The summed E-state index contributed by atoms with van der Waals surface area (Å²) in [5, 5.41) is 22.2. The van der Waals surface area contributed by atoms with Crippen LogP contribution in [-0.4, -0.2) is 25.4 Å². The molecule has 0 fully saturated rings. The summed E-state index contributed by atoms with van der Waals surface area (Å²) in [5.41, 5.74) is 1.05. The number of nitrogens with one attached hydrogen (secondary N) is 3. The number of Topliss-reactive ketones (excluding diaryl/α,β-unsaturated/α-hetero) is 1. The molecule has 0 aliphatic carbocycles. The second kappa shape index (κ2) is 7.14. The lowest BCUT2D eigenvalue weighted by Gasteiger charge is -2.12. The van der Waals surface area contributed by atoms with E-state index in [9.17, 15) is 4.79 Å². The molecule has 6 nitrogen and oxygen atoms in total. The van der Waals surface area contributed by atoms with Crippen LogP contribution in [0.5, 0.6) is 5.75 Å². The Bertz CT molecular complexity index is 547. The zero-order chi connectivity index (χ0) is 15.1. The van der Waals surface area contributed by atoms with Crippen molar-refractivity contribution < 1.29 is 9.53 Å². The summed E-state index contributed by atoms with van der Waals surface area (Å²) in [7, 11) is 1.54. The van der Waals surface area contributed by atoms with Crippen molar-refractivity contribution in [2.24, 2.45) is 5.92 Å². The Morgan fingerprint density at radius 3 is 2.75 bits per heavy atom. The van der Waals surface area contributed by atoms with Crippen LogP contribution >= 0.6 is 0 Å². The van der Waals surface area contributed by atoms with Gasteiger partial charge in [-0.25, -0.2) is 0 Å². The molecular weight excluding hydrogens is 256 g/mol. The van der Waals surface area contributed by atoms with E-state index in [1.54, 1.807) is 39.2 Å². The number of ketones is 1. The Labute approximate surface area is 118 Å². The standard InChI is InChI=1S/C14H18N4O2/c1-9(2)13(19)14(16)18-8-17-12-6-11(20-3)5-4-10(12)7-15/h4-6,9,17H,8H2,1-3H3,(H2,16,18). The fraction of sp³-hybridized carbons (Fsp3) is 0.357. The molecule has 1 rings (SSSR count). The predicted molar refractivity (Wildman–Crippen MR) is 76.9 cm³/mol. The zero-order valence-corrected chi connectivity index (χ0v) is 11.8. The van der Waals surface area contributed by atoms with Gasteiger partial charge in [-0.15, -0.1) is 0 Å². The van der Waals surface area contributed by atoms with E-state index in [0.29, 0.717) is 17.0 Å². The third kappa shape index (κ3) is 3.99. The smallest absolute Gasteiger partial charge is 0.199 e. The number of hydrogen-bond donors (Lipinski definition) is 3. The van der Waals surface area contributed by atoms with E-state index in [1.807, 2.05) is 0 Å². The summed E-state index contributed by atoms with van der Waals surface area (Å²) in [6.45, 7) is 3.66. The van der Waals surface area contributed by atoms with E-state index in [-0.39, 0.29) is 24.2 Å². The normalized spacial score (nSPS) is 9.75. The summed E-state index contributed by atoms with van der Waals surface area (Å²) >= 11 is 0. The quantitative estimate of drug-likeness (QED) is 0.417. The van der Waals surface area contributed by atoms with Crippen LogP contribution in [0.1, 0.15) is 19.4 Å². The summed E-state index contributed by atoms with van der Waals surface area (Å²) in [5.74, 6) is 0.00757. The summed E-state index contributed by atoms with van der Waals surface area (Å²) < 4.78 is 5.09. The molecule has 0 heterocycles. The Morgan fingerprint density at radius 1 is 1.50 bits per heavy atom. The molecule has 0 radical (unpaired) electrons. The Balaban J connectivity index is 2.64. The molecule has 0 saturated carbocycles. The highest BCUT2D eigenvalue weighted by Crippen LogP contribution is 2.21. The van der Waals surface area contributed by atoms with Gasteiger partial charge in [-0.3, -0.25) is 10.2 Å². The van der Waals surface area contributed by atoms with Crippen molar-refractivity contribution in [3.8, 4) is 11.8 Å². The molecule has 1 aromatic carbocycles. The molecule has 0 amide bonds. The summed E-state index contributed by atoms with van der Waals surface area (Å²) in [6.07, 6.45) is 0. The van der Waals surface area contributed by atoms with Crippen LogP contribution in [0, 0.1) is 22.7 Å². The average Bonchev–Trinajstić information content (AvgIpc) is 2.45. The molecule has 0 aromatic heterocycles. The van der Waals surface area contributed by atoms with Gasteiger partial charge in [0.15, 0.2) is 11.6 Å². The van der Waals surface area contributed by atoms with Crippen molar-refractivity contribution in [2.75, 3.05) is 19.1 Å². The Morgan fingerprint density at radius 2 is 2.20 bits per heavy atom. The van der Waals surface area contributed by atoms with Gasteiger partial charge in [-0.1, -0.05) is 13.8 Å². The Hall–Kier alpha value is -2.55. The fourth-order valence-corrected chi connectivity index (χ4v) is 1.50.